The van der Waals surface area contributed by atoms with Gasteiger partial charge in [-0.3, -0.25) is 9.69 Å². The van der Waals surface area contributed by atoms with Crippen molar-refractivity contribution < 1.29 is 4.79 Å². The summed E-state index contributed by atoms with van der Waals surface area (Å²) < 4.78 is 3.94. The topological polar surface area (TPSA) is 49.3 Å². The van der Waals surface area contributed by atoms with E-state index < -0.39 is 0 Å². The Hall–Kier alpha value is -2.09. The van der Waals surface area contributed by atoms with Crippen molar-refractivity contribution in [2.45, 2.75) is 19.9 Å². The van der Waals surface area contributed by atoms with E-state index in [1.54, 1.807) is 0 Å². The lowest BCUT2D eigenvalue weighted by atomic mass is 10.2. The molecule has 0 atom stereocenters. The van der Waals surface area contributed by atoms with Gasteiger partial charge in [0.15, 0.2) is 0 Å². The van der Waals surface area contributed by atoms with Gasteiger partial charge in [0.2, 0.25) is 0 Å². The van der Waals surface area contributed by atoms with Gasteiger partial charge in [-0.25, -0.2) is 0 Å². The highest BCUT2D eigenvalue weighted by molar-refractivity contribution is 7.15. The second kappa shape index (κ2) is 8.29. The molecule has 0 aliphatic carbocycles. The maximum atomic E-state index is 12.7. The zero-order chi connectivity index (χ0) is 18.6. The first-order valence-electron chi connectivity index (χ1n) is 9.21. The maximum Gasteiger partial charge on any atom is 0.267 e. The number of nitrogens with zero attached hydrogens (tertiary/aromatic N) is 4. The van der Waals surface area contributed by atoms with Gasteiger partial charge in [-0.05, 0) is 35.6 Å². The van der Waals surface area contributed by atoms with Crippen LogP contribution in [0.4, 0.5) is 0 Å². The van der Waals surface area contributed by atoms with Gasteiger partial charge in [0.25, 0.3) is 5.91 Å². The highest BCUT2D eigenvalue weighted by Crippen LogP contribution is 2.29. The molecule has 0 unspecified atom stereocenters. The molecule has 27 heavy (non-hydrogen) atoms. The van der Waals surface area contributed by atoms with Crippen molar-refractivity contribution in [1.29, 1.82) is 0 Å². The van der Waals surface area contributed by atoms with Gasteiger partial charge in [-0.15, -0.1) is 16.4 Å². The van der Waals surface area contributed by atoms with Crippen molar-refractivity contribution in [1.82, 2.24) is 19.4 Å². The largest absolute Gasteiger partial charge is 0.335 e. The number of aromatic nitrogens is 2. The molecule has 5 nitrogen and oxygen atoms in total. The summed E-state index contributed by atoms with van der Waals surface area (Å²) in [5, 5.41) is 4.06. The Kier molecular flexibility index (Phi) is 5.61. The van der Waals surface area contributed by atoms with Gasteiger partial charge < -0.3 is 4.90 Å². The van der Waals surface area contributed by atoms with E-state index in [2.05, 4.69) is 50.9 Å². The quantitative estimate of drug-likeness (QED) is 0.656. The third-order valence-electron chi connectivity index (χ3n) is 4.84. The summed E-state index contributed by atoms with van der Waals surface area (Å²) in [5.41, 5.74) is 2.09. The fourth-order valence-electron chi connectivity index (χ4n) is 3.30. The van der Waals surface area contributed by atoms with E-state index in [4.69, 9.17) is 0 Å². The fraction of sp³-hybridized carbons (Fsp3) is 0.350. The predicted octanol–water partition coefficient (Wildman–Crippen LogP) is 3.79. The van der Waals surface area contributed by atoms with Crippen molar-refractivity contribution in [2.24, 2.45) is 0 Å². The van der Waals surface area contributed by atoms with E-state index in [0.717, 1.165) is 44.8 Å². The number of thiophene rings is 1. The molecule has 1 saturated heterocycles. The lowest BCUT2D eigenvalue weighted by Gasteiger charge is -2.34. The first kappa shape index (κ1) is 18.3. The third-order valence-corrected chi connectivity index (χ3v) is 6.72. The number of hydrogen-bond acceptors (Lipinski definition) is 6. The summed E-state index contributed by atoms with van der Waals surface area (Å²) in [4.78, 5) is 20.5. The van der Waals surface area contributed by atoms with Crippen molar-refractivity contribution in [2.75, 3.05) is 26.2 Å². The van der Waals surface area contributed by atoms with Gasteiger partial charge in [0.1, 0.15) is 4.88 Å². The van der Waals surface area contributed by atoms with Gasteiger partial charge in [-0.1, -0.05) is 41.7 Å². The normalized spacial score (nSPS) is 15.2. The summed E-state index contributed by atoms with van der Waals surface area (Å²) in [6, 6.07) is 14.9. The van der Waals surface area contributed by atoms with Crippen LogP contribution in [0, 0.1) is 0 Å². The number of aryl methyl sites for hydroxylation is 1. The van der Waals surface area contributed by atoms with E-state index in [1.807, 2.05) is 29.2 Å². The Bertz CT molecular complexity index is 898. The van der Waals surface area contributed by atoms with Crippen LogP contribution in [0.5, 0.6) is 0 Å². The number of piperazine rings is 1. The van der Waals surface area contributed by atoms with E-state index in [1.165, 1.54) is 26.9 Å². The standard InChI is InChI=1S/C20H22N4OS2/c1-2-17-19(27-22-21-17)20(25)24-12-10-23(11-13-24)14-16-8-9-18(26-16)15-6-4-3-5-7-15/h3-9H,2,10-14H2,1H3. The molecule has 0 spiro atoms. The predicted molar refractivity (Wildman–Crippen MR) is 110 cm³/mol. The summed E-state index contributed by atoms with van der Waals surface area (Å²) >= 11 is 3.07. The van der Waals surface area contributed by atoms with Crippen LogP contribution in [0.25, 0.3) is 10.4 Å². The van der Waals surface area contributed by atoms with Crippen LogP contribution in [0.15, 0.2) is 42.5 Å². The molecule has 7 heteroatoms. The van der Waals surface area contributed by atoms with Crippen LogP contribution >= 0.6 is 22.9 Å². The van der Waals surface area contributed by atoms with Gasteiger partial charge in [0, 0.05) is 42.5 Å². The molecule has 3 heterocycles. The van der Waals surface area contributed by atoms with E-state index in [-0.39, 0.29) is 5.91 Å². The maximum absolute atomic E-state index is 12.7. The lowest BCUT2D eigenvalue weighted by Crippen LogP contribution is -2.48. The van der Waals surface area contributed by atoms with Crippen LogP contribution in [0.1, 0.15) is 27.2 Å². The average Bonchev–Trinajstić information content (AvgIpc) is 3.38. The van der Waals surface area contributed by atoms with E-state index >= 15 is 0 Å². The average molecular weight is 399 g/mol. The molecule has 2 aromatic heterocycles. The van der Waals surface area contributed by atoms with E-state index in [0.29, 0.717) is 4.88 Å². The fourth-order valence-corrected chi connectivity index (χ4v) is 5.07. The number of hydrogen-bond donors (Lipinski definition) is 0. The summed E-state index contributed by atoms with van der Waals surface area (Å²) in [7, 11) is 0. The SMILES string of the molecule is CCc1nnsc1C(=O)N1CCN(Cc2ccc(-c3ccccc3)s2)CC1. The molecule has 0 N–H and O–H groups in total. The van der Waals surface area contributed by atoms with Crippen LogP contribution in [-0.4, -0.2) is 51.5 Å². The molecular formula is C20H22N4OS2. The molecule has 0 bridgehead atoms. The van der Waals surface area contributed by atoms with Crippen LogP contribution in [-0.2, 0) is 13.0 Å². The number of rotatable bonds is 5. The number of amides is 1. The minimum atomic E-state index is 0.0870. The molecule has 1 aliphatic rings. The molecule has 1 aliphatic heterocycles. The van der Waals surface area contributed by atoms with Crippen LogP contribution in [0.2, 0.25) is 0 Å². The van der Waals surface area contributed by atoms with Crippen LogP contribution in [0.3, 0.4) is 0 Å². The Morgan fingerprint density at radius 3 is 2.59 bits per heavy atom. The molecule has 3 aromatic rings. The molecule has 0 radical (unpaired) electrons. The lowest BCUT2D eigenvalue weighted by molar-refractivity contribution is 0.0633. The molecule has 4 rings (SSSR count). The van der Waals surface area contributed by atoms with Crippen molar-refractivity contribution in [3.05, 3.63) is 57.9 Å². The smallest absolute Gasteiger partial charge is 0.267 e. The highest BCUT2D eigenvalue weighted by Gasteiger charge is 2.25. The molecular weight excluding hydrogens is 376 g/mol. The molecule has 0 saturated carbocycles. The molecule has 1 aromatic carbocycles. The van der Waals surface area contributed by atoms with Crippen molar-refractivity contribution in [3.8, 4) is 10.4 Å². The molecule has 1 amide bonds. The zero-order valence-corrected chi connectivity index (χ0v) is 16.9. The minimum absolute atomic E-state index is 0.0870. The Morgan fingerprint density at radius 1 is 1.07 bits per heavy atom. The minimum Gasteiger partial charge on any atom is -0.335 e. The first-order chi connectivity index (χ1) is 13.2. The Balaban J connectivity index is 1.34. The zero-order valence-electron chi connectivity index (χ0n) is 15.3. The Morgan fingerprint density at radius 2 is 1.85 bits per heavy atom. The van der Waals surface area contributed by atoms with Gasteiger partial charge in [-0.2, -0.15) is 0 Å². The molecule has 140 valence electrons. The number of carbonyl (C=O) groups excluding carboxylic acids is 1. The van der Waals surface area contributed by atoms with Gasteiger partial charge in [0.05, 0.1) is 5.69 Å². The summed E-state index contributed by atoms with van der Waals surface area (Å²) in [6.07, 6.45) is 0.750. The monoisotopic (exact) mass is 398 g/mol. The second-order valence-corrected chi connectivity index (χ2v) is 8.53. The number of benzene rings is 1. The first-order valence-corrected chi connectivity index (χ1v) is 10.8. The number of carbonyl (C=O) groups is 1. The van der Waals surface area contributed by atoms with Crippen molar-refractivity contribution >= 4 is 28.8 Å². The Labute approximate surface area is 167 Å². The summed E-state index contributed by atoms with van der Waals surface area (Å²) in [6.45, 7) is 6.28. The molecule has 1 fully saturated rings. The second-order valence-electron chi connectivity index (χ2n) is 6.60. The third kappa shape index (κ3) is 4.10. The highest BCUT2D eigenvalue weighted by atomic mass is 32.1. The van der Waals surface area contributed by atoms with Gasteiger partial charge >= 0.3 is 0 Å². The van der Waals surface area contributed by atoms with Crippen molar-refractivity contribution in [3.63, 3.8) is 0 Å². The van der Waals surface area contributed by atoms with E-state index in [9.17, 15) is 4.79 Å². The summed E-state index contributed by atoms with van der Waals surface area (Å²) in [5.74, 6) is 0.0870. The van der Waals surface area contributed by atoms with Crippen LogP contribution < -0.4 is 0 Å².